The summed E-state index contributed by atoms with van der Waals surface area (Å²) >= 11 is 3.15. The van der Waals surface area contributed by atoms with Crippen molar-refractivity contribution in [2.75, 3.05) is 7.05 Å². The number of aromatic amines is 1. The molecule has 0 bridgehead atoms. The second kappa shape index (κ2) is 5.90. The molecule has 0 radical (unpaired) electrons. The van der Waals surface area contributed by atoms with Crippen LogP contribution in [-0.4, -0.2) is 33.0 Å². The number of aryl methyl sites for hydroxylation is 1. The van der Waals surface area contributed by atoms with E-state index < -0.39 is 0 Å². The molecule has 1 aliphatic carbocycles. The third-order valence-corrected chi connectivity index (χ3v) is 5.96. The highest BCUT2D eigenvalue weighted by Gasteiger charge is 2.22. The Hall–Kier alpha value is -1.99. The molecule has 3 aromatic heterocycles. The van der Waals surface area contributed by atoms with Crippen LogP contribution >= 0.6 is 22.7 Å². The van der Waals surface area contributed by atoms with Gasteiger partial charge in [-0.15, -0.1) is 22.7 Å². The van der Waals surface area contributed by atoms with E-state index in [0.29, 0.717) is 12.2 Å². The summed E-state index contributed by atoms with van der Waals surface area (Å²) in [5.41, 5.74) is 4.02. The van der Waals surface area contributed by atoms with Gasteiger partial charge in [0, 0.05) is 18.1 Å². The van der Waals surface area contributed by atoms with Gasteiger partial charge in [-0.1, -0.05) is 6.07 Å². The zero-order chi connectivity index (χ0) is 15.8. The highest BCUT2D eigenvalue weighted by atomic mass is 32.1. The van der Waals surface area contributed by atoms with Crippen LogP contribution in [0.1, 0.15) is 33.9 Å². The molecule has 0 saturated heterocycles. The molecule has 0 saturated carbocycles. The van der Waals surface area contributed by atoms with Crippen LogP contribution in [0.15, 0.2) is 22.9 Å². The van der Waals surface area contributed by atoms with Crippen molar-refractivity contribution in [1.82, 2.24) is 20.1 Å². The standard InChI is InChI=1S/C16H16N4OS2/c1-20(8-12-10-4-2-5-11(10)18-19-12)16(21)13-9-23-15(17-13)14-6-3-7-22-14/h3,6-7,9H,2,4-5,8H2,1H3,(H,18,19). The van der Waals surface area contributed by atoms with Crippen molar-refractivity contribution >= 4 is 28.6 Å². The predicted octanol–water partition coefficient (Wildman–Crippen LogP) is 3.36. The number of aromatic nitrogens is 3. The molecule has 3 aromatic rings. The molecule has 0 atom stereocenters. The largest absolute Gasteiger partial charge is 0.334 e. The molecule has 1 N–H and O–H groups in total. The number of nitrogens with one attached hydrogen (secondary N) is 1. The van der Waals surface area contributed by atoms with Crippen LogP contribution in [0.3, 0.4) is 0 Å². The Bertz CT molecular complexity index is 834. The molecule has 1 aliphatic rings. The molecule has 1 amide bonds. The number of H-pyrrole nitrogens is 1. The summed E-state index contributed by atoms with van der Waals surface area (Å²) in [6, 6.07) is 4.02. The summed E-state index contributed by atoms with van der Waals surface area (Å²) in [5, 5.41) is 12.2. The predicted molar refractivity (Wildman–Crippen MR) is 91.8 cm³/mol. The monoisotopic (exact) mass is 344 g/mol. The number of thiazole rings is 1. The lowest BCUT2D eigenvalue weighted by molar-refractivity contribution is 0.0778. The van der Waals surface area contributed by atoms with E-state index in [9.17, 15) is 4.79 Å². The number of hydrogen-bond acceptors (Lipinski definition) is 5. The van der Waals surface area contributed by atoms with E-state index in [1.807, 2.05) is 29.9 Å². The molecule has 0 aliphatic heterocycles. The lowest BCUT2D eigenvalue weighted by Gasteiger charge is -2.15. The van der Waals surface area contributed by atoms with E-state index in [1.165, 1.54) is 29.0 Å². The lowest BCUT2D eigenvalue weighted by atomic mass is 10.2. The minimum absolute atomic E-state index is 0.0567. The Morgan fingerprint density at radius 2 is 2.30 bits per heavy atom. The number of carbonyl (C=O) groups excluding carboxylic acids is 1. The highest BCUT2D eigenvalue weighted by molar-refractivity contribution is 7.20. The maximum Gasteiger partial charge on any atom is 0.273 e. The van der Waals surface area contributed by atoms with Gasteiger partial charge >= 0.3 is 0 Å². The zero-order valence-corrected chi connectivity index (χ0v) is 14.3. The van der Waals surface area contributed by atoms with E-state index >= 15 is 0 Å². The topological polar surface area (TPSA) is 61.9 Å². The van der Waals surface area contributed by atoms with Crippen molar-refractivity contribution in [3.05, 3.63) is 45.5 Å². The molecule has 7 heteroatoms. The summed E-state index contributed by atoms with van der Waals surface area (Å²) in [4.78, 5) is 19.9. The summed E-state index contributed by atoms with van der Waals surface area (Å²) in [6.07, 6.45) is 3.29. The second-order valence-corrected chi connectivity index (χ2v) is 7.46. The molecule has 5 nitrogen and oxygen atoms in total. The summed E-state index contributed by atoms with van der Waals surface area (Å²) in [6.45, 7) is 0.524. The fourth-order valence-corrected chi connectivity index (χ4v) is 4.50. The molecule has 0 unspecified atom stereocenters. The van der Waals surface area contributed by atoms with Crippen LogP contribution in [0.2, 0.25) is 0 Å². The van der Waals surface area contributed by atoms with Gasteiger partial charge in [-0.25, -0.2) is 4.98 Å². The minimum Gasteiger partial charge on any atom is -0.334 e. The van der Waals surface area contributed by atoms with Crippen molar-refractivity contribution in [3.63, 3.8) is 0 Å². The first-order valence-electron chi connectivity index (χ1n) is 7.52. The first-order chi connectivity index (χ1) is 11.2. The van der Waals surface area contributed by atoms with Crippen LogP contribution in [0.5, 0.6) is 0 Å². The number of carbonyl (C=O) groups is 1. The number of hydrogen-bond donors (Lipinski definition) is 1. The number of thiophene rings is 1. The quantitative estimate of drug-likeness (QED) is 0.789. The van der Waals surface area contributed by atoms with E-state index in [4.69, 9.17) is 0 Å². The van der Waals surface area contributed by atoms with Crippen LogP contribution in [-0.2, 0) is 19.4 Å². The summed E-state index contributed by atoms with van der Waals surface area (Å²) in [7, 11) is 1.81. The molecule has 118 valence electrons. The minimum atomic E-state index is -0.0567. The van der Waals surface area contributed by atoms with Crippen molar-refractivity contribution in [1.29, 1.82) is 0 Å². The van der Waals surface area contributed by atoms with Gasteiger partial charge in [0.15, 0.2) is 0 Å². The number of fused-ring (bicyclic) bond motifs is 1. The van der Waals surface area contributed by atoms with E-state index in [-0.39, 0.29) is 5.91 Å². The third-order valence-electron chi connectivity index (χ3n) is 4.08. The van der Waals surface area contributed by atoms with Gasteiger partial charge in [0.05, 0.1) is 17.1 Å². The van der Waals surface area contributed by atoms with E-state index in [1.54, 1.807) is 16.2 Å². The smallest absolute Gasteiger partial charge is 0.273 e. The zero-order valence-electron chi connectivity index (χ0n) is 12.7. The van der Waals surface area contributed by atoms with Gasteiger partial charge in [-0.05, 0) is 36.3 Å². The van der Waals surface area contributed by atoms with Crippen LogP contribution in [0.25, 0.3) is 9.88 Å². The van der Waals surface area contributed by atoms with Crippen molar-refractivity contribution < 1.29 is 4.79 Å². The SMILES string of the molecule is CN(Cc1n[nH]c2c1CCC2)C(=O)c1csc(-c2cccs2)n1. The maximum atomic E-state index is 12.6. The molecule has 0 aromatic carbocycles. The molecule has 23 heavy (non-hydrogen) atoms. The van der Waals surface area contributed by atoms with Gasteiger partial charge in [0.25, 0.3) is 5.91 Å². The number of rotatable bonds is 4. The van der Waals surface area contributed by atoms with Gasteiger partial charge < -0.3 is 4.90 Å². The van der Waals surface area contributed by atoms with Gasteiger partial charge in [-0.3, -0.25) is 9.89 Å². The molecule has 0 spiro atoms. The highest BCUT2D eigenvalue weighted by Crippen LogP contribution is 2.28. The average molecular weight is 344 g/mol. The second-order valence-electron chi connectivity index (χ2n) is 5.66. The van der Waals surface area contributed by atoms with Crippen LogP contribution in [0.4, 0.5) is 0 Å². The van der Waals surface area contributed by atoms with Gasteiger partial charge in [0.2, 0.25) is 0 Å². The molecule has 4 rings (SSSR count). The van der Waals surface area contributed by atoms with E-state index in [0.717, 1.165) is 28.4 Å². The summed E-state index contributed by atoms with van der Waals surface area (Å²) in [5.74, 6) is -0.0567. The lowest BCUT2D eigenvalue weighted by Crippen LogP contribution is -2.27. The Balaban J connectivity index is 1.50. The first kappa shape index (κ1) is 14.6. The van der Waals surface area contributed by atoms with Gasteiger partial charge in [-0.2, -0.15) is 5.10 Å². The van der Waals surface area contributed by atoms with Gasteiger partial charge in [0.1, 0.15) is 10.7 Å². The first-order valence-corrected chi connectivity index (χ1v) is 9.28. The fraction of sp³-hybridized carbons (Fsp3) is 0.312. The molecule has 0 fully saturated rings. The van der Waals surface area contributed by atoms with E-state index in [2.05, 4.69) is 15.2 Å². The van der Waals surface area contributed by atoms with Crippen molar-refractivity contribution in [3.8, 4) is 9.88 Å². The molecular formula is C16H16N4OS2. The van der Waals surface area contributed by atoms with Crippen molar-refractivity contribution in [2.45, 2.75) is 25.8 Å². The summed E-state index contributed by atoms with van der Waals surface area (Å²) < 4.78 is 0. The Morgan fingerprint density at radius 1 is 1.39 bits per heavy atom. The average Bonchev–Trinajstić information content (AvgIpc) is 3.31. The third kappa shape index (κ3) is 2.70. The number of amides is 1. The van der Waals surface area contributed by atoms with Crippen LogP contribution < -0.4 is 0 Å². The Morgan fingerprint density at radius 3 is 3.13 bits per heavy atom. The Kier molecular flexibility index (Phi) is 3.74. The van der Waals surface area contributed by atoms with Crippen LogP contribution in [0, 0.1) is 0 Å². The number of nitrogens with zero attached hydrogens (tertiary/aromatic N) is 3. The fourth-order valence-electron chi connectivity index (χ4n) is 2.90. The molecule has 3 heterocycles. The Labute approximate surface area is 142 Å². The van der Waals surface area contributed by atoms with Crippen molar-refractivity contribution in [2.24, 2.45) is 0 Å². The normalized spacial score (nSPS) is 13.3. The molecular weight excluding hydrogens is 328 g/mol. The maximum absolute atomic E-state index is 12.6.